The molecule has 19 heavy (non-hydrogen) atoms. The van der Waals surface area contributed by atoms with Gasteiger partial charge in [-0.3, -0.25) is 9.47 Å². The average Bonchev–Trinajstić information content (AvgIpc) is 2.99. The van der Waals surface area contributed by atoms with Crippen LogP contribution in [0.5, 0.6) is 0 Å². The molecule has 2 aliphatic rings. The summed E-state index contributed by atoms with van der Waals surface area (Å²) in [4.78, 5) is 6.38. The van der Waals surface area contributed by atoms with Gasteiger partial charge in [0.2, 0.25) is 0 Å². The van der Waals surface area contributed by atoms with Crippen molar-refractivity contribution < 1.29 is 8.78 Å². The highest BCUT2D eigenvalue weighted by molar-refractivity contribution is 5.06. The smallest absolute Gasteiger partial charge is 0.316 e. The van der Waals surface area contributed by atoms with E-state index in [1.54, 1.807) is 0 Å². The SMILES string of the molecule is CC1(C)C2CNCC2CN1Cc1nccn1C(F)F. The van der Waals surface area contributed by atoms with Crippen LogP contribution in [0, 0.1) is 11.8 Å². The van der Waals surface area contributed by atoms with E-state index in [-0.39, 0.29) is 5.54 Å². The van der Waals surface area contributed by atoms with Gasteiger partial charge in [-0.15, -0.1) is 0 Å². The Kier molecular flexibility index (Phi) is 3.09. The molecule has 3 rings (SSSR count). The predicted molar refractivity (Wildman–Crippen MR) is 67.8 cm³/mol. The molecule has 6 heteroatoms. The Hall–Kier alpha value is -1.01. The van der Waals surface area contributed by atoms with E-state index in [9.17, 15) is 8.78 Å². The van der Waals surface area contributed by atoms with Crippen molar-refractivity contribution in [3.8, 4) is 0 Å². The maximum atomic E-state index is 12.9. The van der Waals surface area contributed by atoms with Crippen LogP contribution in [0.2, 0.25) is 0 Å². The van der Waals surface area contributed by atoms with Crippen molar-refractivity contribution in [2.75, 3.05) is 19.6 Å². The van der Waals surface area contributed by atoms with Gasteiger partial charge in [0.1, 0.15) is 5.82 Å². The number of halogens is 2. The minimum Gasteiger partial charge on any atom is -0.316 e. The van der Waals surface area contributed by atoms with Crippen LogP contribution in [0.4, 0.5) is 8.78 Å². The summed E-state index contributed by atoms with van der Waals surface area (Å²) in [5.41, 5.74) is 0.0348. The summed E-state index contributed by atoms with van der Waals surface area (Å²) in [5.74, 6) is 1.68. The Morgan fingerprint density at radius 1 is 1.47 bits per heavy atom. The zero-order valence-corrected chi connectivity index (χ0v) is 11.3. The normalized spacial score (nSPS) is 30.2. The van der Waals surface area contributed by atoms with Gasteiger partial charge in [-0.25, -0.2) is 4.98 Å². The summed E-state index contributed by atoms with van der Waals surface area (Å²) in [7, 11) is 0. The first-order chi connectivity index (χ1) is 9.00. The molecule has 2 fully saturated rings. The van der Waals surface area contributed by atoms with Crippen LogP contribution in [-0.4, -0.2) is 39.6 Å². The second-order valence-electron chi connectivity index (χ2n) is 6.09. The molecular formula is C13H20F2N4. The molecule has 2 atom stereocenters. The van der Waals surface area contributed by atoms with Crippen molar-refractivity contribution >= 4 is 0 Å². The molecule has 0 radical (unpaired) electrons. The van der Waals surface area contributed by atoms with E-state index in [0.29, 0.717) is 24.2 Å². The monoisotopic (exact) mass is 270 g/mol. The fourth-order valence-corrected chi connectivity index (χ4v) is 3.59. The molecule has 2 aliphatic heterocycles. The first-order valence-electron chi connectivity index (χ1n) is 6.76. The highest BCUT2D eigenvalue weighted by atomic mass is 19.3. The summed E-state index contributed by atoms with van der Waals surface area (Å²) in [6.45, 7) is 5.42. The Morgan fingerprint density at radius 3 is 2.95 bits per heavy atom. The zero-order chi connectivity index (χ0) is 13.6. The highest BCUT2D eigenvalue weighted by Crippen LogP contribution is 2.41. The maximum Gasteiger partial charge on any atom is 0.319 e. The van der Waals surface area contributed by atoms with Gasteiger partial charge in [-0.1, -0.05) is 0 Å². The predicted octanol–water partition coefficient (Wildman–Crippen LogP) is 1.71. The molecule has 1 aromatic rings. The van der Waals surface area contributed by atoms with Gasteiger partial charge in [0, 0.05) is 31.0 Å². The number of imidazole rings is 1. The number of nitrogens with one attached hydrogen (secondary N) is 1. The lowest BCUT2D eigenvalue weighted by Crippen LogP contribution is -2.44. The summed E-state index contributed by atoms with van der Waals surface area (Å²) in [6.07, 6.45) is 2.80. The molecule has 0 bridgehead atoms. The van der Waals surface area contributed by atoms with Crippen LogP contribution in [0.15, 0.2) is 12.4 Å². The maximum absolute atomic E-state index is 12.9. The van der Waals surface area contributed by atoms with Crippen LogP contribution in [0.3, 0.4) is 0 Å². The number of hydrogen-bond donors (Lipinski definition) is 1. The van der Waals surface area contributed by atoms with Gasteiger partial charge >= 0.3 is 6.55 Å². The van der Waals surface area contributed by atoms with Crippen molar-refractivity contribution in [2.24, 2.45) is 11.8 Å². The van der Waals surface area contributed by atoms with Crippen LogP contribution < -0.4 is 5.32 Å². The molecule has 106 valence electrons. The zero-order valence-electron chi connectivity index (χ0n) is 11.3. The third-order valence-corrected chi connectivity index (χ3v) is 4.81. The minimum absolute atomic E-state index is 0.0348. The molecule has 1 N–H and O–H groups in total. The summed E-state index contributed by atoms with van der Waals surface area (Å²) in [5, 5.41) is 3.42. The average molecular weight is 270 g/mol. The first kappa shape index (κ1) is 13.0. The van der Waals surface area contributed by atoms with Crippen LogP contribution >= 0.6 is 0 Å². The summed E-state index contributed by atoms with van der Waals surface area (Å²) in [6, 6.07) is 0. The number of alkyl halides is 2. The minimum atomic E-state index is -2.51. The number of fused-ring (bicyclic) bond motifs is 1. The van der Waals surface area contributed by atoms with Crippen molar-refractivity contribution in [1.29, 1.82) is 0 Å². The van der Waals surface area contributed by atoms with Gasteiger partial charge in [-0.05, 0) is 32.2 Å². The number of hydrogen-bond acceptors (Lipinski definition) is 3. The molecule has 0 saturated carbocycles. The van der Waals surface area contributed by atoms with Gasteiger partial charge in [0.15, 0.2) is 0 Å². The molecular weight excluding hydrogens is 250 g/mol. The molecule has 0 spiro atoms. The van der Waals surface area contributed by atoms with Crippen molar-refractivity contribution in [3.63, 3.8) is 0 Å². The summed E-state index contributed by atoms with van der Waals surface area (Å²) >= 11 is 0. The second kappa shape index (κ2) is 4.52. The molecule has 3 heterocycles. The van der Waals surface area contributed by atoms with Gasteiger partial charge < -0.3 is 5.32 Å². The Balaban J connectivity index is 1.78. The summed E-state index contributed by atoms with van der Waals surface area (Å²) < 4.78 is 26.7. The van der Waals surface area contributed by atoms with Crippen molar-refractivity contribution in [1.82, 2.24) is 19.8 Å². The third-order valence-electron chi connectivity index (χ3n) is 4.81. The van der Waals surface area contributed by atoms with E-state index in [1.165, 1.54) is 12.4 Å². The van der Waals surface area contributed by atoms with Crippen molar-refractivity contribution in [3.05, 3.63) is 18.2 Å². The topological polar surface area (TPSA) is 33.1 Å². The number of rotatable bonds is 3. The lowest BCUT2D eigenvalue weighted by molar-refractivity contribution is 0.0589. The lowest BCUT2D eigenvalue weighted by atomic mass is 9.85. The van der Waals surface area contributed by atoms with Gasteiger partial charge in [0.05, 0.1) is 6.54 Å². The quantitative estimate of drug-likeness (QED) is 0.907. The van der Waals surface area contributed by atoms with E-state index in [2.05, 4.69) is 29.0 Å². The highest BCUT2D eigenvalue weighted by Gasteiger charge is 2.49. The van der Waals surface area contributed by atoms with Crippen LogP contribution in [0.1, 0.15) is 26.2 Å². The molecule has 0 amide bonds. The van der Waals surface area contributed by atoms with Gasteiger partial charge in [0.25, 0.3) is 0 Å². The van der Waals surface area contributed by atoms with Crippen LogP contribution in [0.25, 0.3) is 0 Å². The Bertz CT molecular complexity index is 457. The molecule has 0 aromatic carbocycles. The lowest BCUT2D eigenvalue weighted by Gasteiger charge is -2.35. The molecule has 2 unspecified atom stereocenters. The fourth-order valence-electron chi connectivity index (χ4n) is 3.59. The largest absolute Gasteiger partial charge is 0.319 e. The molecule has 1 aromatic heterocycles. The second-order valence-corrected chi connectivity index (χ2v) is 6.09. The van der Waals surface area contributed by atoms with Crippen molar-refractivity contribution in [2.45, 2.75) is 32.5 Å². The van der Waals surface area contributed by atoms with E-state index in [1.807, 2.05) is 0 Å². The number of likely N-dealkylation sites (tertiary alicyclic amines) is 1. The molecule has 0 aliphatic carbocycles. The van der Waals surface area contributed by atoms with E-state index < -0.39 is 6.55 Å². The molecule has 2 saturated heterocycles. The van der Waals surface area contributed by atoms with E-state index in [4.69, 9.17) is 0 Å². The van der Waals surface area contributed by atoms with Gasteiger partial charge in [-0.2, -0.15) is 8.78 Å². The number of aromatic nitrogens is 2. The van der Waals surface area contributed by atoms with Crippen LogP contribution in [-0.2, 0) is 6.54 Å². The molecule has 4 nitrogen and oxygen atoms in total. The standard InChI is InChI=1S/C13H20F2N4/c1-13(2)10-6-16-5-9(10)7-18(13)8-11-17-3-4-19(11)12(14)15/h3-4,9-10,12,16H,5-8H2,1-2H3. The number of nitrogens with zero attached hydrogens (tertiary/aromatic N) is 3. The fraction of sp³-hybridized carbons (Fsp3) is 0.769. The van der Waals surface area contributed by atoms with E-state index in [0.717, 1.165) is 24.2 Å². The first-order valence-corrected chi connectivity index (χ1v) is 6.76. The Labute approximate surface area is 111 Å². The van der Waals surface area contributed by atoms with E-state index >= 15 is 0 Å². The Morgan fingerprint density at radius 2 is 2.26 bits per heavy atom. The third kappa shape index (κ3) is 2.07.